The highest BCUT2D eigenvalue weighted by Gasteiger charge is 2.30. The summed E-state index contributed by atoms with van der Waals surface area (Å²) in [5.74, 6) is 1.76. The number of nitrogens with zero attached hydrogens (tertiary/aromatic N) is 4. The molecule has 8 nitrogen and oxygen atoms in total. The highest BCUT2D eigenvalue weighted by Crippen LogP contribution is 2.33. The van der Waals surface area contributed by atoms with Gasteiger partial charge in [0.25, 0.3) is 0 Å². The van der Waals surface area contributed by atoms with Crippen LogP contribution in [0.3, 0.4) is 0 Å². The van der Waals surface area contributed by atoms with E-state index in [1.54, 1.807) is 18.2 Å². The Morgan fingerprint density at radius 3 is 2.54 bits per heavy atom. The van der Waals surface area contributed by atoms with Crippen molar-refractivity contribution in [2.24, 2.45) is 0 Å². The third-order valence-electron chi connectivity index (χ3n) is 6.61. The van der Waals surface area contributed by atoms with Crippen LogP contribution in [0.1, 0.15) is 50.5 Å². The summed E-state index contributed by atoms with van der Waals surface area (Å²) in [6, 6.07) is 13.2. The van der Waals surface area contributed by atoms with Crippen molar-refractivity contribution in [2.45, 2.75) is 57.0 Å². The predicted molar refractivity (Wildman–Crippen MR) is 136 cm³/mol. The van der Waals surface area contributed by atoms with Crippen molar-refractivity contribution >= 4 is 27.0 Å². The third kappa shape index (κ3) is 5.06. The first kappa shape index (κ1) is 25.2. The van der Waals surface area contributed by atoms with Gasteiger partial charge in [0.2, 0.25) is 15.9 Å². The number of carbonyl (C=O) groups excluding carboxylic acids is 1. The number of rotatable bonds is 9. The molecule has 9 heteroatoms. The van der Waals surface area contributed by atoms with Crippen LogP contribution in [0.2, 0.25) is 0 Å². The zero-order valence-corrected chi connectivity index (χ0v) is 21.7. The van der Waals surface area contributed by atoms with Gasteiger partial charge in [-0.15, -0.1) is 0 Å². The number of fused-ring (bicyclic) bond motifs is 1. The second kappa shape index (κ2) is 10.4. The van der Waals surface area contributed by atoms with Gasteiger partial charge in [0.15, 0.2) is 0 Å². The fourth-order valence-electron chi connectivity index (χ4n) is 4.80. The van der Waals surface area contributed by atoms with Crippen LogP contribution in [0.4, 0.5) is 0 Å². The normalized spacial score (nSPS) is 16.4. The Kier molecular flexibility index (Phi) is 7.47. The molecule has 0 saturated carbocycles. The van der Waals surface area contributed by atoms with Crippen molar-refractivity contribution in [3.63, 3.8) is 0 Å². The lowest BCUT2D eigenvalue weighted by Crippen LogP contribution is -2.30. The molecular formula is C26H34N4O4S. The molecule has 2 aromatic carbocycles. The van der Waals surface area contributed by atoms with E-state index in [-0.39, 0.29) is 16.8 Å². The number of ether oxygens (including phenoxy) is 1. The van der Waals surface area contributed by atoms with Gasteiger partial charge >= 0.3 is 0 Å². The standard InChI is InChI=1S/C26H34N4O4S/c1-5-29-24-14-13-21(35(32,33)28(3)4)18-22(24)27-25(29)15-16-26(31)30-17-7-8-23(30)19-9-11-20(12-10-19)34-6-2/h9-14,18,23H,5-8,15-17H2,1-4H3. The number of hydrogen-bond acceptors (Lipinski definition) is 5. The van der Waals surface area contributed by atoms with E-state index in [1.165, 1.54) is 18.4 Å². The molecule has 0 aliphatic carbocycles. The lowest BCUT2D eigenvalue weighted by molar-refractivity contribution is -0.132. The van der Waals surface area contributed by atoms with Crippen LogP contribution in [0.5, 0.6) is 5.75 Å². The highest BCUT2D eigenvalue weighted by molar-refractivity contribution is 7.89. The van der Waals surface area contributed by atoms with Crippen LogP contribution in [-0.2, 0) is 27.8 Å². The largest absolute Gasteiger partial charge is 0.494 e. The summed E-state index contributed by atoms with van der Waals surface area (Å²) in [7, 11) is -0.511. The summed E-state index contributed by atoms with van der Waals surface area (Å²) >= 11 is 0. The molecule has 2 heterocycles. The maximum Gasteiger partial charge on any atom is 0.242 e. The number of amides is 1. The van der Waals surface area contributed by atoms with Gasteiger partial charge in [0, 0.05) is 40.0 Å². The lowest BCUT2D eigenvalue weighted by Gasteiger charge is -2.25. The van der Waals surface area contributed by atoms with Gasteiger partial charge in [-0.25, -0.2) is 17.7 Å². The molecular weight excluding hydrogens is 464 g/mol. The molecule has 1 fully saturated rings. The number of hydrogen-bond donors (Lipinski definition) is 0. The van der Waals surface area contributed by atoms with Crippen molar-refractivity contribution in [3.05, 3.63) is 53.9 Å². The number of carbonyl (C=O) groups is 1. The minimum Gasteiger partial charge on any atom is -0.494 e. The molecule has 0 radical (unpaired) electrons. The first-order chi connectivity index (χ1) is 16.8. The van der Waals surface area contributed by atoms with E-state index in [0.29, 0.717) is 31.5 Å². The van der Waals surface area contributed by atoms with E-state index in [1.807, 2.05) is 30.9 Å². The van der Waals surface area contributed by atoms with Crippen molar-refractivity contribution in [2.75, 3.05) is 27.2 Å². The van der Waals surface area contributed by atoms with Gasteiger partial charge in [0.05, 0.1) is 28.6 Å². The van der Waals surface area contributed by atoms with Crippen LogP contribution in [0.15, 0.2) is 47.4 Å². The van der Waals surface area contributed by atoms with Gasteiger partial charge in [-0.05, 0) is 62.6 Å². The van der Waals surface area contributed by atoms with E-state index in [9.17, 15) is 13.2 Å². The van der Waals surface area contributed by atoms with Crippen LogP contribution >= 0.6 is 0 Å². The van der Waals surface area contributed by atoms with E-state index < -0.39 is 10.0 Å². The van der Waals surface area contributed by atoms with Gasteiger partial charge in [-0.1, -0.05) is 12.1 Å². The van der Waals surface area contributed by atoms with Gasteiger partial charge in [-0.2, -0.15) is 0 Å². The Labute approximate surface area is 207 Å². The predicted octanol–water partition coefficient (Wildman–Crippen LogP) is 4.00. The number of imidazole rings is 1. The van der Waals surface area contributed by atoms with Crippen molar-refractivity contribution in [1.82, 2.24) is 18.8 Å². The Morgan fingerprint density at radius 2 is 1.89 bits per heavy atom. The summed E-state index contributed by atoms with van der Waals surface area (Å²) in [6.07, 6.45) is 2.81. The Bertz CT molecular complexity index is 1300. The molecule has 1 amide bonds. The van der Waals surface area contributed by atoms with Gasteiger partial charge < -0.3 is 14.2 Å². The summed E-state index contributed by atoms with van der Waals surface area (Å²) in [5.41, 5.74) is 2.64. The van der Waals surface area contributed by atoms with Gasteiger partial charge in [-0.3, -0.25) is 4.79 Å². The van der Waals surface area contributed by atoms with Crippen molar-refractivity contribution in [3.8, 4) is 5.75 Å². The van der Waals surface area contributed by atoms with E-state index in [2.05, 4.69) is 16.7 Å². The molecule has 4 rings (SSSR count). The average Bonchev–Trinajstić information content (AvgIpc) is 3.47. The van der Waals surface area contributed by atoms with E-state index >= 15 is 0 Å². The number of aromatic nitrogens is 2. The fraction of sp³-hybridized carbons (Fsp3) is 0.462. The molecule has 1 aromatic heterocycles. The van der Waals surface area contributed by atoms with Crippen molar-refractivity contribution < 1.29 is 17.9 Å². The number of sulfonamides is 1. The van der Waals surface area contributed by atoms with E-state index in [4.69, 9.17) is 9.72 Å². The SMILES string of the molecule is CCOc1ccc(C2CCCN2C(=O)CCc2nc3cc(S(=O)(=O)N(C)C)ccc3n2CC)cc1. The average molecular weight is 499 g/mol. The molecule has 0 N–H and O–H groups in total. The smallest absolute Gasteiger partial charge is 0.242 e. The van der Waals surface area contributed by atoms with Crippen molar-refractivity contribution in [1.29, 1.82) is 0 Å². The highest BCUT2D eigenvalue weighted by atomic mass is 32.2. The first-order valence-corrected chi connectivity index (χ1v) is 13.6. The van der Waals surface area contributed by atoms with Crippen LogP contribution in [0.25, 0.3) is 11.0 Å². The maximum atomic E-state index is 13.2. The molecule has 1 unspecified atom stereocenters. The van der Waals surface area contributed by atoms with Gasteiger partial charge in [0.1, 0.15) is 11.6 Å². The topological polar surface area (TPSA) is 84.7 Å². The molecule has 188 valence electrons. The molecule has 1 atom stereocenters. The second-order valence-electron chi connectivity index (χ2n) is 8.96. The summed E-state index contributed by atoms with van der Waals surface area (Å²) in [5, 5.41) is 0. The number of aryl methyl sites for hydroxylation is 2. The van der Waals surface area contributed by atoms with Crippen LogP contribution in [-0.4, -0.2) is 60.3 Å². The number of likely N-dealkylation sites (tertiary alicyclic amines) is 1. The minimum absolute atomic E-state index is 0.0852. The Balaban J connectivity index is 1.50. The Morgan fingerprint density at radius 1 is 1.14 bits per heavy atom. The summed E-state index contributed by atoms with van der Waals surface area (Å²) in [4.78, 5) is 20.1. The summed E-state index contributed by atoms with van der Waals surface area (Å²) < 4.78 is 33.9. The lowest BCUT2D eigenvalue weighted by atomic mass is 10.0. The maximum absolute atomic E-state index is 13.2. The Hall–Kier alpha value is -2.91. The number of benzene rings is 2. The van der Waals surface area contributed by atoms with Crippen LogP contribution in [0, 0.1) is 0 Å². The second-order valence-corrected chi connectivity index (χ2v) is 11.1. The molecule has 1 aliphatic rings. The molecule has 35 heavy (non-hydrogen) atoms. The molecule has 0 spiro atoms. The minimum atomic E-state index is -3.54. The fourth-order valence-corrected chi connectivity index (χ4v) is 5.72. The molecule has 3 aromatic rings. The molecule has 1 aliphatic heterocycles. The monoisotopic (exact) mass is 498 g/mol. The quantitative estimate of drug-likeness (QED) is 0.445. The molecule has 0 bridgehead atoms. The summed E-state index contributed by atoms with van der Waals surface area (Å²) in [6.45, 7) is 6.07. The zero-order valence-electron chi connectivity index (χ0n) is 20.9. The van der Waals surface area contributed by atoms with E-state index in [0.717, 1.165) is 42.0 Å². The zero-order chi connectivity index (χ0) is 25.2. The first-order valence-electron chi connectivity index (χ1n) is 12.2. The van der Waals surface area contributed by atoms with Crippen LogP contribution < -0.4 is 4.74 Å². The third-order valence-corrected chi connectivity index (χ3v) is 8.42. The molecule has 1 saturated heterocycles.